The molecule has 138 valence electrons. The van der Waals surface area contributed by atoms with Crippen LogP contribution in [0.5, 0.6) is 0 Å². The first-order valence-corrected chi connectivity index (χ1v) is 9.51. The predicted molar refractivity (Wildman–Crippen MR) is 109 cm³/mol. The minimum atomic E-state index is -0.172. The second-order valence-corrected chi connectivity index (χ2v) is 7.06. The number of thioether (sulfide) groups is 1. The molecule has 2 aromatic heterocycles. The van der Waals surface area contributed by atoms with Crippen LogP contribution in [-0.4, -0.2) is 27.9 Å². The third kappa shape index (κ3) is 5.04. The van der Waals surface area contributed by atoms with E-state index in [1.165, 1.54) is 11.8 Å². The third-order valence-corrected chi connectivity index (χ3v) is 4.83. The van der Waals surface area contributed by atoms with Crippen LogP contribution in [0.4, 0.5) is 11.6 Å². The molecular formula is C20H21N5OS. The first kappa shape index (κ1) is 18.8. The average Bonchev–Trinajstić information content (AvgIpc) is 2.66. The maximum absolute atomic E-state index is 12.8. The molecule has 0 radical (unpaired) electrons. The van der Waals surface area contributed by atoms with Crippen LogP contribution in [0, 0.1) is 13.8 Å². The number of hydrogen-bond acceptors (Lipinski definition) is 6. The van der Waals surface area contributed by atoms with Gasteiger partial charge in [-0.3, -0.25) is 4.79 Å². The van der Waals surface area contributed by atoms with Crippen LogP contribution in [-0.2, 0) is 5.75 Å². The first-order valence-electron chi connectivity index (χ1n) is 8.52. The lowest BCUT2D eigenvalue weighted by Gasteiger charge is -2.10. The van der Waals surface area contributed by atoms with Gasteiger partial charge in [-0.1, -0.05) is 17.8 Å². The van der Waals surface area contributed by atoms with E-state index in [1.807, 2.05) is 32.0 Å². The SMILES string of the molecule is CNc1nccc(CSc2ncccc2C(=O)Nc2cc(C)cc(C)c2)n1. The maximum Gasteiger partial charge on any atom is 0.258 e. The number of anilines is 2. The van der Waals surface area contributed by atoms with E-state index < -0.39 is 0 Å². The Morgan fingerprint density at radius 2 is 1.85 bits per heavy atom. The van der Waals surface area contributed by atoms with Gasteiger partial charge in [0.25, 0.3) is 5.91 Å². The number of nitrogens with zero attached hydrogens (tertiary/aromatic N) is 3. The summed E-state index contributed by atoms with van der Waals surface area (Å²) in [6.45, 7) is 4.02. The number of rotatable bonds is 6. The Labute approximate surface area is 162 Å². The lowest BCUT2D eigenvalue weighted by Crippen LogP contribution is -2.14. The number of amides is 1. The van der Waals surface area contributed by atoms with E-state index in [1.54, 1.807) is 31.6 Å². The summed E-state index contributed by atoms with van der Waals surface area (Å²) in [5.41, 5.74) is 4.41. The lowest BCUT2D eigenvalue weighted by molar-refractivity contribution is 0.102. The Hall–Kier alpha value is -2.93. The van der Waals surface area contributed by atoms with Gasteiger partial charge in [0, 0.05) is 30.9 Å². The zero-order chi connectivity index (χ0) is 19.2. The molecule has 27 heavy (non-hydrogen) atoms. The van der Waals surface area contributed by atoms with Gasteiger partial charge in [-0.2, -0.15) is 0 Å². The van der Waals surface area contributed by atoms with Crippen LogP contribution in [0.3, 0.4) is 0 Å². The molecule has 0 saturated heterocycles. The molecule has 3 rings (SSSR count). The van der Waals surface area contributed by atoms with Gasteiger partial charge in [0.2, 0.25) is 5.95 Å². The molecule has 6 nitrogen and oxygen atoms in total. The van der Waals surface area contributed by atoms with Crippen molar-refractivity contribution in [2.45, 2.75) is 24.6 Å². The monoisotopic (exact) mass is 379 g/mol. The molecular weight excluding hydrogens is 358 g/mol. The van der Waals surface area contributed by atoms with Gasteiger partial charge >= 0.3 is 0 Å². The van der Waals surface area contributed by atoms with Crippen LogP contribution in [0.25, 0.3) is 0 Å². The van der Waals surface area contributed by atoms with Gasteiger partial charge < -0.3 is 10.6 Å². The molecule has 0 bridgehead atoms. The molecule has 0 unspecified atom stereocenters. The number of pyridine rings is 1. The van der Waals surface area contributed by atoms with Crippen LogP contribution in [0.15, 0.2) is 53.8 Å². The number of carbonyl (C=O) groups excluding carboxylic acids is 1. The highest BCUT2D eigenvalue weighted by Gasteiger charge is 2.14. The van der Waals surface area contributed by atoms with Gasteiger partial charge in [0.1, 0.15) is 5.03 Å². The number of benzene rings is 1. The van der Waals surface area contributed by atoms with Crippen molar-refractivity contribution in [3.63, 3.8) is 0 Å². The lowest BCUT2D eigenvalue weighted by atomic mass is 10.1. The highest BCUT2D eigenvalue weighted by molar-refractivity contribution is 7.98. The summed E-state index contributed by atoms with van der Waals surface area (Å²) in [4.78, 5) is 25.7. The topological polar surface area (TPSA) is 79.8 Å². The molecule has 7 heteroatoms. The van der Waals surface area contributed by atoms with Crippen molar-refractivity contribution in [2.75, 3.05) is 17.7 Å². The van der Waals surface area contributed by atoms with Gasteiger partial charge in [-0.25, -0.2) is 15.0 Å². The van der Waals surface area contributed by atoms with Crippen molar-refractivity contribution in [1.29, 1.82) is 0 Å². The van der Waals surface area contributed by atoms with E-state index in [0.29, 0.717) is 22.3 Å². The summed E-state index contributed by atoms with van der Waals surface area (Å²) < 4.78 is 0. The molecule has 0 aliphatic rings. The van der Waals surface area contributed by atoms with Crippen molar-refractivity contribution in [3.8, 4) is 0 Å². The zero-order valence-electron chi connectivity index (χ0n) is 15.5. The maximum atomic E-state index is 12.8. The summed E-state index contributed by atoms with van der Waals surface area (Å²) in [6.07, 6.45) is 3.40. The van der Waals surface area contributed by atoms with Crippen molar-refractivity contribution in [1.82, 2.24) is 15.0 Å². The summed E-state index contributed by atoms with van der Waals surface area (Å²) in [6, 6.07) is 11.4. The van der Waals surface area contributed by atoms with Crippen LogP contribution < -0.4 is 10.6 Å². The standard InChI is InChI=1S/C20H21N5OS/c1-13-9-14(2)11-16(10-13)24-18(26)17-5-4-7-22-19(17)27-12-15-6-8-23-20(21-3)25-15/h4-11H,12H2,1-3H3,(H,24,26)(H,21,23,25). The highest BCUT2D eigenvalue weighted by atomic mass is 32.2. The van der Waals surface area contributed by atoms with E-state index in [0.717, 1.165) is 22.5 Å². The van der Waals surface area contributed by atoms with Crippen LogP contribution in [0.2, 0.25) is 0 Å². The Bertz CT molecular complexity index is 940. The summed E-state index contributed by atoms with van der Waals surface area (Å²) in [7, 11) is 1.78. The van der Waals surface area contributed by atoms with Gasteiger partial charge in [0.15, 0.2) is 0 Å². The normalized spacial score (nSPS) is 10.5. The highest BCUT2D eigenvalue weighted by Crippen LogP contribution is 2.25. The van der Waals surface area contributed by atoms with E-state index in [4.69, 9.17) is 0 Å². The molecule has 0 fully saturated rings. The number of hydrogen-bond donors (Lipinski definition) is 2. The molecule has 1 amide bonds. The van der Waals surface area contributed by atoms with Crippen molar-refractivity contribution in [2.24, 2.45) is 0 Å². The Balaban J connectivity index is 1.75. The predicted octanol–water partition coefficient (Wildman–Crippen LogP) is 4.07. The molecule has 0 saturated carbocycles. The Morgan fingerprint density at radius 3 is 2.59 bits per heavy atom. The van der Waals surface area contributed by atoms with Crippen molar-refractivity contribution in [3.05, 3.63) is 71.2 Å². The minimum Gasteiger partial charge on any atom is -0.357 e. The summed E-state index contributed by atoms with van der Waals surface area (Å²) in [5, 5.41) is 6.56. The van der Waals surface area contributed by atoms with Gasteiger partial charge in [-0.15, -0.1) is 0 Å². The molecule has 3 aromatic rings. The number of nitrogens with one attached hydrogen (secondary N) is 2. The third-order valence-electron chi connectivity index (χ3n) is 3.79. The molecule has 0 aliphatic heterocycles. The fraction of sp³-hybridized carbons (Fsp3) is 0.200. The number of aryl methyl sites for hydroxylation is 2. The second-order valence-electron chi connectivity index (χ2n) is 6.10. The molecule has 2 heterocycles. The van der Waals surface area contributed by atoms with Crippen LogP contribution in [0.1, 0.15) is 27.2 Å². The number of aromatic nitrogens is 3. The molecule has 0 spiro atoms. The van der Waals surface area contributed by atoms with Crippen molar-refractivity contribution < 1.29 is 4.79 Å². The quantitative estimate of drug-likeness (QED) is 0.629. The summed E-state index contributed by atoms with van der Waals surface area (Å²) in [5.74, 6) is 0.994. The zero-order valence-corrected chi connectivity index (χ0v) is 16.3. The Kier molecular flexibility index (Phi) is 6.03. The Morgan fingerprint density at radius 1 is 1.07 bits per heavy atom. The first-order chi connectivity index (χ1) is 13.0. The summed E-state index contributed by atoms with van der Waals surface area (Å²) >= 11 is 1.47. The molecule has 0 aliphatic carbocycles. The van der Waals surface area contributed by atoms with E-state index in [-0.39, 0.29) is 5.91 Å². The smallest absolute Gasteiger partial charge is 0.258 e. The second kappa shape index (κ2) is 8.64. The van der Waals surface area contributed by atoms with E-state index in [2.05, 4.69) is 31.7 Å². The van der Waals surface area contributed by atoms with Gasteiger partial charge in [0.05, 0.1) is 11.3 Å². The molecule has 1 aromatic carbocycles. The van der Waals surface area contributed by atoms with Gasteiger partial charge in [-0.05, 0) is 55.3 Å². The van der Waals surface area contributed by atoms with Crippen molar-refractivity contribution >= 4 is 29.3 Å². The minimum absolute atomic E-state index is 0.172. The largest absolute Gasteiger partial charge is 0.357 e. The fourth-order valence-electron chi connectivity index (χ4n) is 2.66. The van der Waals surface area contributed by atoms with E-state index in [9.17, 15) is 4.79 Å². The van der Waals surface area contributed by atoms with Crippen LogP contribution >= 0.6 is 11.8 Å². The average molecular weight is 379 g/mol. The fourth-order valence-corrected chi connectivity index (χ4v) is 3.56. The van der Waals surface area contributed by atoms with E-state index >= 15 is 0 Å². The number of carbonyl (C=O) groups is 1. The molecule has 0 atom stereocenters. The molecule has 2 N–H and O–H groups in total.